The first-order chi connectivity index (χ1) is 8.31. The SMILES string of the molecule is COc1ccccc1CC(O)c1ccccc1. The Bertz CT molecular complexity index is 465. The molecule has 0 saturated heterocycles. The van der Waals surface area contributed by atoms with Gasteiger partial charge in [0.2, 0.25) is 0 Å². The van der Waals surface area contributed by atoms with Gasteiger partial charge in [0.15, 0.2) is 0 Å². The van der Waals surface area contributed by atoms with E-state index in [1.165, 1.54) is 0 Å². The van der Waals surface area contributed by atoms with E-state index in [1.807, 2.05) is 54.6 Å². The van der Waals surface area contributed by atoms with Crippen LogP contribution in [0.5, 0.6) is 5.75 Å². The molecular formula is C15H16O2. The molecule has 2 heteroatoms. The topological polar surface area (TPSA) is 29.5 Å². The maximum atomic E-state index is 10.1. The molecule has 17 heavy (non-hydrogen) atoms. The quantitative estimate of drug-likeness (QED) is 0.871. The average Bonchev–Trinajstić information content (AvgIpc) is 2.40. The standard InChI is InChI=1S/C15H16O2/c1-17-15-10-6-5-9-13(15)11-14(16)12-7-3-2-4-8-12/h2-10,14,16H,11H2,1H3. The predicted octanol–water partition coefficient (Wildman–Crippen LogP) is 2.97. The number of benzene rings is 2. The van der Waals surface area contributed by atoms with E-state index in [0.717, 1.165) is 16.9 Å². The van der Waals surface area contributed by atoms with Gasteiger partial charge in [-0.1, -0.05) is 48.5 Å². The molecule has 0 aliphatic heterocycles. The zero-order chi connectivity index (χ0) is 12.1. The Hall–Kier alpha value is -1.80. The van der Waals surface area contributed by atoms with E-state index in [4.69, 9.17) is 4.74 Å². The van der Waals surface area contributed by atoms with E-state index >= 15 is 0 Å². The van der Waals surface area contributed by atoms with E-state index in [1.54, 1.807) is 7.11 Å². The summed E-state index contributed by atoms with van der Waals surface area (Å²) < 4.78 is 5.27. The molecule has 2 aromatic rings. The van der Waals surface area contributed by atoms with E-state index < -0.39 is 6.10 Å². The molecule has 0 aromatic heterocycles. The van der Waals surface area contributed by atoms with Crippen molar-refractivity contribution in [3.05, 3.63) is 65.7 Å². The van der Waals surface area contributed by atoms with Gasteiger partial charge in [-0.05, 0) is 17.2 Å². The Balaban J connectivity index is 2.16. The third-order valence-corrected chi connectivity index (χ3v) is 2.79. The Morgan fingerprint density at radius 1 is 1.00 bits per heavy atom. The first kappa shape index (κ1) is 11.7. The second kappa shape index (κ2) is 5.51. The predicted molar refractivity (Wildman–Crippen MR) is 68.1 cm³/mol. The fourth-order valence-corrected chi connectivity index (χ4v) is 1.87. The fraction of sp³-hybridized carbons (Fsp3) is 0.200. The van der Waals surface area contributed by atoms with Gasteiger partial charge in [-0.2, -0.15) is 0 Å². The van der Waals surface area contributed by atoms with Crippen LogP contribution in [-0.2, 0) is 6.42 Å². The number of aliphatic hydroxyl groups is 1. The van der Waals surface area contributed by atoms with Gasteiger partial charge in [0.1, 0.15) is 5.75 Å². The van der Waals surface area contributed by atoms with Gasteiger partial charge in [-0.3, -0.25) is 0 Å². The fourth-order valence-electron chi connectivity index (χ4n) is 1.87. The Morgan fingerprint density at radius 3 is 2.35 bits per heavy atom. The first-order valence-corrected chi connectivity index (χ1v) is 5.66. The van der Waals surface area contributed by atoms with Gasteiger partial charge >= 0.3 is 0 Å². The first-order valence-electron chi connectivity index (χ1n) is 5.66. The lowest BCUT2D eigenvalue weighted by Crippen LogP contribution is -2.03. The number of aliphatic hydroxyl groups excluding tert-OH is 1. The van der Waals surface area contributed by atoms with Gasteiger partial charge in [-0.25, -0.2) is 0 Å². The molecule has 0 bridgehead atoms. The summed E-state index contributed by atoms with van der Waals surface area (Å²) in [5.74, 6) is 0.822. The van der Waals surface area contributed by atoms with E-state index in [2.05, 4.69) is 0 Å². The normalized spacial score (nSPS) is 12.1. The highest BCUT2D eigenvalue weighted by atomic mass is 16.5. The van der Waals surface area contributed by atoms with Gasteiger partial charge in [0.25, 0.3) is 0 Å². The zero-order valence-electron chi connectivity index (χ0n) is 9.84. The number of ether oxygens (including phenoxy) is 1. The number of methoxy groups -OCH3 is 1. The van der Waals surface area contributed by atoms with Crippen molar-refractivity contribution in [1.29, 1.82) is 0 Å². The summed E-state index contributed by atoms with van der Waals surface area (Å²) in [5, 5.41) is 10.1. The molecule has 0 fully saturated rings. The van der Waals surface area contributed by atoms with Crippen molar-refractivity contribution >= 4 is 0 Å². The third-order valence-electron chi connectivity index (χ3n) is 2.79. The lowest BCUT2D eigenvalue weighted by Gasteiger charge is -2.13. The molecule has 0 aliphatic rings. The highest BCUT2D eigenvalue weighted by molar-refractivity contribution is 5.34. The highest BCUT2D eigenvalue weighted by Gasteiger charge is 2.10. The van der Waals surface area contributed by atoms with Crippen LogP contribution < -0.4 is 4.74 Å². The molecule has 0 amide bonds. The minimum atomic E-state index is -0.493. The minimum absolute atomic E-state index is 0.493. The highest BCUT2D eigenvalue weighted by Crippen LogP contribution is 2.24. The van der Waals surface area contributed by atoms with Crippen LogP contribution in [0.4, 0.5) is 0 Å². The van der Waals surface area contributed by atoms with Crippen molar-refractivity contribution < 1.29 is 9.84 Å². The number of para-hydroxylation sites is 1. The maximum Gasteiger partial charge on any atom is 0.122 e. The Labute approximate surface area is 101 Å². The van der Waals surface area contributed by atoms with Gasteiger partial charge < -0.3 is 9.84 Å². The summed E-state index contributed by atoms with van der Waals surface area (Å²) in [5.41, 5.74) is 1.95. The van der Waals surface area contributed by atoms with Crippen LogP contribution in [0.1, 0.15) is 17.2 Å². The van der Waals surface area contributed by atoms with Crippen molar-refractivity contribution in [2.24, 2.45) is 0 Å². The lowest BCUT2D eigenvalue weighted by molar-refractivity contribution is 0.177. The molecular weight excluding hydrogens is 212 g/mol. The van der Waals surface area contributed by atoms with Gasteiger partial charge in [0, 0.05) is 6.42 Å². The van der Waals surface area contributed by atoms with Crippen LogP contribution in [0.25, 0.3) is 0 Å². The van der Waals surface area contributed by atoms with E-state index in [0.29, 0.717) is 6.42 Å². The third kappa shape index (κ3) is 2.86. The lowest BCUT2D eigenvalue weighted by atomic mass is 10.0. The summed E-state index contributed by atoms with van der Waals surface area (Å²) in [7, 11) is 1.65. The van der Waals surface area contributed by atoms with E-state index in [9.17, 15) is 5.11 Å². The summed E-state index contributed by atoms with van der Waals surface area (Å²) in [6, 6.07) is 17.4. The van der Waals surface area contributed by atoms with Crippen molar-refractivity contribution in [3.63, 3.8) is 0 Å². The summed E-state index contributed by atoms with van der Waals surface area (Å²) in [6.07, 6.45) is 0.0705. The molecule has 0 spiro atoms. The molecule has 2 nitrogen and oxygen atoms in total. The molecule has 2 rings (SSSR count). The molecule has 88 valence electrons. The van der Waals surface area contributed by atoms with Crippen LogP contribution in [0.15, 0.2) is 54.6 Å². The van der Waals surface area contributed by atoms with Crippen molar-refractivity contribution in [3.8, 4) is 5.75 Å². The summed E-state index contributed by atoms with van der Waals surface area (Å²) >= 11 is 0. The van der Waals surface area contributed by atoms with Crippen molar-refractivity contribution in [2.75, 3.05) is 7.11 Å². The van der Waals surface area contributed by atoms with Crippen LogP contribution >= 0.6 is 0 Å². The molecule has 1 unspecified atom stereocenters. The smallest absolute Gasteiger partial charge is 0.122 e. The second-order valence-electron chi connectivity index (χ2n) is 3.94. The Kier molecular flexibility index (Phi) is 3.78. The van der Waals surface area contributed by atoms with Crippen LogP contribution in [-0.4, -0.2) is 12.2 Å². The molecule has 0 radical (unpaired) electrons. The van der Waals surface area contributed by atoms with Crippen LogP contribution in [0.3, 0.4) is 0 Å². The number of hydrogen-bond donors (Lipinski definition) is 1. The Morgan fingerprint density at radius 2 is 1.65 bits per heavy atom. The van der Waals surface area contributed by atoms with Crippen molar-refractivity contribution in [2.45, 2.75) is 12.5 Å². The maximum absolute atomic E-state index is 10.1. The minimum Gasteiger partial charge on any atom is -0.496 e. The number of hydrogen-bond acceptors (Lipinski definition) is 2. The summed E-state index contributed by atoms with van der Waals surface area (Å²) in [4.78, 5) is 0. The molecule has 0 saturated carbocycles. The molecule has 0 heterocycles. The molecule has 1 N–H and O–H groups in total. The van der Waals surface area contributed by atoms with Crippen molar-refractivity contribution in [1.82, 2.24) is 0 Å². The number of rotatable bonds is 4. The molecule has 1 atom stereocenters. The van der Waals surface area contributed by atoms with E-state index in [-0.39, 0.29) is 0 Å². The van der Waals surface area contributed by atoms with Gasteiger partial charge in [0.05, 0.1) is 13.2 Å². The zero-order valence-corrected chi connectivity index (χ0v) is 9.84. The molecule has 0 aliphatic carbocycles. The summed E-state index contributed by atoms with van der Waals surface area (Å²) in [6.45, 7) is 0. The largest absolute Gasteiger partial charge is 0.496 e. The second-order valence-corrected chi connectivity index (χ2v) is 3.94. The van der Waals surface area contributed by atoms with Crippen LogP contribution in [0, 0.1) is 0 Å². The van der Waals surface area contributed by atoms with Gasteiger partial charge in [-0.15, -0.1) is 0 Å². The molecule has 2 aromatic carbocycles. The average molecular weight is 228 g/mol. The monoisotopic (exact) mass is 228 g/mol. The van der Waals surface area contributed by atoms with Crippen LogP contribution in [0.2, 0.25) is 0 Å².